The van der Waals surface area contributed by atoms with Crippen LogP contribution in [0.1, 0.15) is 30.0 Å². The SMILES string of the molecule is CCCN1C(=O)C(Nc2ccc(OC)c(OC)c2)=C(c2ccc(C)c(C)c2)C1=O. The lowest BCUT2D eigenvalue weighted by molar-refractivity contribution is -0.136. The zero-order valence-electron chi connectivity index (χ0n) is 17.5. The van der Waals surface area contributed by atoms with Gasteiger partial charge in [-0.3, -0.25) is 14.5 Å². The quantitative estimate of drug-likeness (QED) is 0.721. The van der Waals surface area contributed by atoms with E-state index in [-0.39, 0.29) is 17.5 Å². The van der Waals surface area contributed by atoms with E-state index in [1.807, 2.05) is 39.0 Å². The smallest absolute Gasteiger partial charge is 0.278 e. The lowest BCUT2D eigenvalue weighted by Crippen LogP contribution is -2.33. The summed E-state index contributed by atoms with van der Waals surface area (Å²) >= 11 is 0. The monoisotopic (exact) mass is 394 g/mol. The van der Waals surface area contributed by atoms with Crippen LogP contribution < -0.4 is 14.8 Å². The fraction of sp³-hybridized carbons (Fsp3) is 0.304. The Hall–Kier alpha value is -3.28. The molecule has 2 aromatic carbocycles. The number of nitrogens with zero attached hydrogens (tertiary/aromatic N) is 1. The Morgan fingerprint density at radius 1 is 0.897 bits per heavy atom. The molecule has 1 aliphatic heterocycles. The second-order valence-corrected chi connectivity index (χ2v) is 7.01. The predicted molar refractivity (Wildman–Crippen MR) is 113 cm³/mol. The third-order valence-corrected chi connectivity index (χ3v) is 5.06. The highest BCUT2D eigenvalue weighted by Gasteiger charge is 2.38. The minimum Gasteiger partial charge on any atom is -0.493 e. The molecule has 2 amide bonds. The molecule has 0 spiro atoms. The van der Waals surface area contributed by atoms with Crippen molar-refractivity contribution in [1.29, 1.82) is 0 Å². The number of hydrogen-bond donors (Lipinski definition) is 1. The minimum absolute atomic E-state index is 0.275. The number of imide groups is 1. The van der Waals surface area contributed by atoms with Gasteiger partial charge in [0.25, 0.3) is 11.8 Å². The summed E-state index contributed by atoms with van der Waals surface area (Å²) in [6.45, 7) is 6.33. The van der Waals surface area contributed by atoms with Crippen LogP contribution in [0.5, 0.6) is 11.5 Å². The van der Waals surface area contributed by atoms with Crippen LogP contribution in [0, 0.1) is 13.8 Å². The highest BCUT2D eigenvalue weighted by molar-refractivity contribution is 6.36. The maximum Gasteiger partial charge on any atom is 0.278 e. The molecule has 6 heteroatoms. The minimum atomic E-state index is -0.320. The van der Waals surface area contributed by atoms with Gasteiger partial charge in [-0.25, -0.2) is 0 Å². The van der Waals surface area contributed by atoms with Crippen molar-refractivity contribution < 1.29 is 19.1 Å². The van der Waals surface area contributed by atoms with Gasteiger partial charge in [0, 0.05) is 18.3 Å². The second kappa shape index (κ2) is 8.39. The Kier molecular flexibility index (Phi) is 5.92. The Balaban J connectivity index is 2.09. The van der Waals surface area contributed by atoms with Crippen LogP contribution in [0.2, 0.25) is 0 Å². The van der Waals surface area contributed by atoms with E-state index in [4.69, 9.17) is 9.47 Å². The summed E-state index contributed by atoms with van der Waals surface area (Å²) < 4.78 is 10.6. The number of hydrogen-bond acceptors (Lipinski definition) is 5. The Labute approximate surface area is 171 Å². The number of aryl methyl sites for hydroxylation is 2. The molecule has 3 rings (SSSR count). The van der Waals surface area contributed by atoms with Gasteiger partial charge < -0.3 is 14.8 Å². The molecular formula is C23H26N2O4. The van der Waals surface area contributed by atoms with Crippen molar-refractivity contribution in [2.75, 3.05) is 26.1 Å². The molecule has 0 aliphatic carbocycles. The molecule has 0 aromatic heterocycles. The van der Waals surface area contributed by atoms with Crippen LogP contribution in [-0.4, -0.2) is 37.5 Å². The summed E-state index contributed by atoms with van der Waals surface area (Å²) in [4.78, 5) is 27.4. The van der Waals surface area contributed by atoms with Gasteiger partial charge in [0.2, 0.25) is 0 Å². The summed E-state index contributed by atoms with van der Waals surface area (Å²) in [5, 5.41) is 3.15. The van der Waals surface area contributed by atoms with E-state index in [9.17, 15) is 9.59 Å². The first-order valence-corrected chi connectivity index (χ1v) is 9.58. The molecule has 1 N–H and O–H groups in total. The summed E-state index contributed by atoms with van der Waals surface area (Å²) in [5.74, 6) is 0.527. The van der Waals surface area contributed by atoms with Crippen LogP contribution in [0.3, 0.4) is 0 Å². The molecule has 0 bridgehead atoms. The van der Waals surface area contributed by atoms with E-state index in [1.54, 1.807) is 32.4 Å². The molecule has 0 atom stereocenters. The lowest BCUT2D eigenvalue weighted by Gasteiger charge is -2.14. The Bertz CT molecular complexity index is 994. The van der Waals surface area contributed by atoms with Gasteiger partial charge in [-0.05, 0) is 49.1 Å². The molecule has 0 saturated carbocycles. The first kappa shape index (κ1) is 20.5. The fourth-order valence-corrected chi connectivity index (χ4v) is 3.34. The van der Waals surface area contributed by atoms with Gasteiger partial charge in [-0.2, -0.15) is 0 Å². The van der Waals surface area contributed by atoms with Gasteiger partial charge in [-0.15, -0.1) is 0 Å². The summed E-state index contributed by atoms with van der Waals surface area (Å²) in [6, 6.07) is 11.1. The topological polar surface area (TPSA) is 67.9 Å². The van der Waals surface area contributed by atoms with Crippen molar-refractivity contribution in [2.24, 2.45) is 0 Å². The second-order valence-electron chi connectivity index (χ2n) is 7.01. The summed E-state index contributed by atoms with van der Waals surface area (Å²) in [7, 11) is 3.11. The number of anilines is 1. The molecule has 1 aliphatic rings. The molecule has 0 fully saturated rings. The van der Waals surface area contributed by atoms with Crippen molar-refractivity contribution in [3.05, 3.63) is 58.8 Å². The number of nitrogens with one attached hydrogen (secondary N) is 1. The van der Waals surface area contributed by atoms with Crippen molar-refractivity contribution in [2.45, 2.75) is 27.2 Å². The third-order valence-electron chi connectivity index (χ3n) is 5.06. The molecule has 152 valence electrons. The van der Waals surface area contributed by atoms with Gasteiger partial charge in [0.1, 0.15) is 5.70 Å². The number of rotatable bonds is 7. The standard InChI is InChI=1S/C23H26N2O4/c1-6-11-25-22(26)20(16-8-7-14(2)15(3)12-16)21(23(25)27)24-17-9-10-18(28-4)19(13-17)29-5/h7-10,12-13,24H,6,11H2,1-5H3. The van der Waals surface area contributed by atoms with Crippen LogP contribution in [0.4, 0.5) is 5.69 Å². The number of methoxy groups -OCH3 is 2. The Morgan fingerprint density at radius 3 is 2.24 bits per heavy atom. The molecule has 0 saturated heterocycles. The van der Waals surface area contributed by atoms with Gasteiger partial charge in [0.15, 0.2) is 11.5 Å². The van der Waals surface area contributed by atoms with Gasteiger partial charge in [-0.1, -0.05) is 25.1 Å². The molecule has 29 heavy (non-hydrogen) atoms. The molecular weight excluding hydrogens is 368 g/mol. The number of amides is 2. The highest BCUT2D eigenvalue weighted by atomic mass is 16.5. The molecule has 0 unspecified atom stereocenters. The predicted octanol–water partition coefficient (Wildman–Crippen LogP) is 3.92. The van der Waals surface area contributed by atoms with Crippen molar-refractivity contribution in [1.82, 2.24) is 4.90 Å². The van der Waals surface area contributed by atoms with Crippen molar-refractivity contribution >= 4 is 23.1 Å². The van der Waals surface area contributed by atoms with Crippen LogP contribution in [0.25, 0.3) is 5.57 Å². The van der Waals surface area contributed by atoms with E-state index in [0.29, 0.717) is 35.7 Å². The van der Waals surface area contributed by atoms with Crippen molar-refractivity contribution in [3.63, 3.8) is 0 Å². The highest BCUT2D eigenvalue weighted by Crippen LogP contribution is 2.34. The molecule has 6 nitrogen and oxygen atoms in total. The van der Waals surface area contributed by atoms with E-state index in [1.165, 1.54) is 4.90 Å². The first-order valence-electron chi connectivity index (χ1n) is 9.58. The van der Waals surface area contributed by atoms with Crippen LogP contribution >= 0.6 is 0 Å². The number of ether oxygens (including phenoxy) is 2. The van der Waals surface area contributed by atoms with Crippen LogP contribution in [0.15, 0.2) is 42.1 Å². The fourth-order valence-electron chi connectivity index (χ4n) is 3.34. The van der Waals surface area contributed by atoms with Crippen LogP contribution in [-0.2, 0) is 9.59 Å². The molecule has 1 heterocycles. The zero-order valence-corrected chi connectivity index (χ0v) is 17.5. The van der Waals surface area contributed by atoms with Gasteiger partial charge in [0.05, 0.1) is 19.8 Å². The molecule has 0 radical (unpaired) electrons. The lowest BCUT2D eigenvalue weighted by atomic mass is 9.99. The average Bonchev–Trinajstić information content (AvgIpc) is 2.94. The van der Waals surface area contributed by atoms with E-state index in [0.717, 1.165) is 16.7 Å². The zero-order chi connectivity index (χ0) is 21.1. The van der Waals surface area contributed by atoms with Gasteiger partial charge >= 0.3 is 0 Å². The van der Waals surface area contributed by atoms with E-state index < -0.39 is 0 Å². The van der Waals surface area contributed by atoms with E-state index in [2.05, 4.69) is 5.32 Å². The normalized spacial score (nSPS) is 13.9. The third kappa shape index (κ3) is 3.83. The molecule has 2 aromatic rings. The number of benzene rings is 2. The summed E-state index contributed by atoms with van der Waals surface area (Å²) in [5.41, 5.74) is 4.23. The first-order chi connectivity index (χ1) is 13.9. The van der Waals surface area contributed by atoms with E-state index >= 15 is 0 Å². The van der Waals surface area contributed by atoms with Crippen molar-refractivity contribution in [3.8, 4) is 11.5 Å². The maximum absolute atomic E-state index is 13.1. The average molecular weight is 394 g/mol. The number of carbonyl (C=O) groups excluding carboxylic acids is 2. The largest absolute Gasteiger partial charge is 0.493 e. The maximum atomic E-state index is 13.1. The number of carbonyl (C=O) groups is 2. The summed E-state index contributed by atoms with van der Waals surface area (Å²) in [6.07, 6.45) is 0.696. The Morgan fingerprint density at radius 2 is 1.62 bits per heavy atom.